The quantitative estimate of drug-likeness (QED) is 0.344. The minimum Gasteiger partial charge on any atom is -0.376 e. The number of nitrogens with one attached hydrogen (secondary N) is 3. The zero-order chi connectivity index (χ0) is 27.4. The third kappa shape index (κ3) is 4.91. The Bertz CT molecular complexity index is 1470. The molecule has 0 radical (unpaired) electrons. The van der Waals surface area contributed by atoms with E-state index in [1.165, 1.54) is 12.1 Å². The van der Waals surface area contributed by atoms with Crippen molar-refractivity contribution in [3.05, 3.63) is 93.0 Å². The standard InChI is InChI=1S/C26H19ClF5N3O3/c1-25(10-38-11-25)35-16-8-18-21(22(34-24(18)37)17-7-14(28)2-3-19(17)27)20(9-16)33-23(36)12-4-13(26(30,31)32)6-15(29)5-12/h2-9,22,35H,10-11H2,1H3,(H,33,36)(H,34,37)/t22-/m1/s1. The van der Waals surface area contributed by atoms with Gasteiger partial charge in [0.05, 0.1) is 30.4 Å². The minimum atomic E-state index is -4.88. The zero-order valence-electron chi connectivity index (χ0n) is 19.6. The Labute approximate surface area is 218 Å². The molecule has 198 valence electrons. The summed E-state index contributed by atoms with van der Waals surface area (Å²) in [6.45, 7) is 2.63. The Morgan fingerprint density at radius 1 is 1.08 bits per heavy atom. The number of hydrogen-bond donors (Lipinski definition) is 3. The van der Waals surface area contributed by atoms with Crippen LogP contribution in [0.15, 0.2) is 48.5 Å². The number of rotatable bonds is 5. The van der Waals surface area contributed by atoms with Crippen LogP contribution in [-0.4, -0.2) is 30.6 Å². The molecule has 0 aliphatic carbocycles. The topological polar surface area (TPSA) is 79.5 Å². The molecular formula is C26H19ClF5N3O3. The Hall–Kier alpha value is -3.70. The molecule has 1 atom stereocenters. The number of carbonyl (C=O) groups is 2. The van der Waals surface area contributed by atoms with Gasteiger partial charge in [0.2, 0.25) is 0 Å². The van der Waals surface area contributed by atoms with Crippen molar-refractivity contribution in [3.8, 4) is 0 Å². The maximum absolute atomic E-state index is 14.1. The first-order valence-electron chi connectivity index (χ1n) is 11.3. The average molecular weight is 552 g/mol. The predicted molar refractivity (Wildman–Crippen MR) is 129 cm³/mol. The maximum Gasteiger partial charge on any atom is 0.416 e. The third-order valence-corrected chi connectivity index (χ3v) is 6.62. The molecule has 3 N–H and O–H groups in total. The zero-order valence-corrected chi connectivity index (χ0v) is 20.4. The van der Waals surface area contributed by atoms with Crippen molar-refractivity contribution in [2.24, 2.45) is 0 Å². The van der Waals surface area contributed by atoms with Crippen molar-refractivity contribution in [2.45, 2.75) is 24.7 Å². The van der Waals surface area contributed by atoms with E-state index in [-0.39, 0.29) is 33.5 Å². The molecule has 2 aliphatic heterocycles. The summed E-state index contributed by atoms with van der Waals surface area (Å²) in [6, 6.07) is 7.12. The van der Waals surface area contributed by atoms with Gasteiger partial charge in [-0.05, 0) is 55.5 Å². The van der Waals surface area contributed by atoms with E-state index in [2.05, 4.69) is 16.0 Å². The lowest BCUT2D eigenvalue weighted by atomic mass is 9.94. The lowest BCUT2D eigenvalue weighted by molar-refractivity contribution is -0.137. The van der Waals surface area contributed by atoms with Crippen molar-refractivity contribution < 1.29 is 36.3 Å². The van der Waals surface area contributed by atoms with Gasteiger partial charge in [0.25, 0.3) is 11.8 Å². The maximum atomic E-state index is 14.1. The number of benzene rings is 3. The van der Waals surface area contributed by atoms with E-state index in [9.17, 15) is 31.5 Å². The summed E-state index contributed by atoms with van der Waals surface area (Å²) < 4.78 is 72.9. The van der Waals surface area contributed by atoms with Gasteiger partial charge in [-0.2, -0.15) is 13.2 Å². The number of anilines is 2. The molecule has 2 heterocycles. The van der Waals surface area contributed by atoms with Crippen LogP contribution in [0, 0.1) is 11.6 Å². The number of hydrogen-bond acceptors (Lipinski definition) is 4. The Kier molecular flexibility index (Phi) is 6.31. The summed E-state index contributed by atoms with van der Waals surface area (Å²) in [5.74, 6) is -3.45. The molecule has 0 bridgehead atoms. The molecule has 12 heteroatoms. The summed E-state index contributed by atoms with van der Waals surface area (Å²) in [5, 5.41) is 8.58. The van der Waals surface area contributed by atoms with Crippen molar-refractivity contribution in [1.29, 1.82) is 0 Å². The lowest BCUT2D eigenvalue weighted by Crippen LogP contribution is -2.53. The van der Waals surface area contributed by atoms with Gasteiger partial charge in [-0.3, -0.25) is 9.59 Å². The van der Waals surface area contributed by atoms with E-state index in [1.54, 1.807) is 6.07 Å². The molecule has 0 unspecified atom stereocenters. The molecule has 38 heavy (non-hydrogen) atoms. The van der Waals surface area contributed by atoms with Crippen LogP contribution in [0.4, 0.5) is 33.3 Å². The second kappa shape index (κ2) is 9.25. The van der Waals surface area contributed by atoms with Crippen LogP contribution < -0.4 is 16.0 Å². The Balaban J connectivity index is 1.60. The fourth-order valence-electron chi connectivity index (χ4n) is 4.49. The number of halogens is 6. The smallest absolute Gasteiger partial charge is 0.376 e. The van der Waals surface area contributed by atoms with Crippen molar-refractivity contribution in [1.82, 2.24) is 5.32 Å². The van der Waals surface area contributed by atoms with Crippen LogP contribution in [0.5, 0.6) is 0 Å². The normalized spacial score (nSPS) is 17.9. The van der Waals surface area contributed by atoms with E-state index < -0.39 is 52.3 Å². The summed E-state index contributed by atoms with van der Waals surface area (Å²) in [4.78, 5) is 26.0. The first-order chi connectivity index (χ1) is 17.8. The molecular weight excluding hydrogens is 533 g/mol. The van der Waals surface area contributed by atoms with E-state index in [0.717, 1.165) is 12.1 Å². The van der Waals surface area contributed by atoms with Crippen molar-refractivity contribution >= 4 is 34.8 Å². The van der Waals surface area contributed by atoms with Gasteiger partial charge in [-0.25, -0.2) is 8.78 Å². The van der Waals surface area contributed by atoms with Gasteiger partial charge >= 0.3 is 6.18 Å². The first-order valence-corrected chi connectivity index (χ1v) is 11.7. The summed E-state index contributed by atoms with van der Waals surface area (Å²) in [7, 11) is 0. The number of ether oxygens (including phenoxy) is 1. The fraction of sp³-hybridized carbons (Fsp3) is 0.231. The molecule has 2 amide bonds. The minimum absolute atomic E-state index is 0.0420. The molecule has 0 saturated carbocycles. The van der Waals surface area contributed by atoms with E-state index in [4.69, 9.17) is 16.3 Å². The van der Waals surface area contributed by atoms with Crippen molar-refractivity contribution in [3.63, 3.8) is 0 Å². The number of alkyl halides is 3. The highest BCUT2D eigenvalue weighted by molar-refractivity contribution is 6.31. The highest BCUT2D eigenvalue weighted by atomic mass is 35.5. The van der Waals surface area contributed by atoms with Crippen LogP contribution in [0.25, 0.3) is 0 Å². The van der Waals surface area contributed by atoms with Gasteiger partial charge in [-0.1, -0.05) is 11.6 Å². The molecule has 1 saturated heterocycles. The highest BCUT2D eigenvalue weighted by Gasteiger charge is 2.38. The van der Waals surface area contributed by atoms with Crippen LogP contribution in [-0.2, 0) is 10.9 Å². The van der Waals surface area contributed by atoms with Crippen LogP contribution >= 0.6 is 11.6 Å². The SMILES string of the molecule is CC1(Nc2cc(NC(=O)c3cc(F)cc(C(F)(F)F)c3)c3c(c2)C(=O)N[C@@H]3c2cc(F)ccc2Cl)COC1. The fourth-order valence-corrected chi connectivity index (χ4v) is 4.71. The van der Waals surface area contributed by atoms with E-state index >= 15 is 0 Å². The lowest BCUT2D eigenvalue weighted by Gasteiger charge is -2.39. The molecule has 1 fully saturated rings. The summed E-state index contributed by atoms with van der Waals surface area (Å²) >= 11 is 6.29. The third-order valence-electron chi connectivity index (χ3n) is 6.28. The molecule has 5 rings (SSSR count). The van der Waals surface area contributed by atoms with Gasteiger partial charge in [0.15, 0.2) is 0 Å². The molecule has 0 spiro atoms. The van der Waals surface area contributed by atoms with Gasteiger partial charge in [-0.15, -0.1) is 0 Å². The first kappa shape index (κ1) is 25.9. The highest BCUT2D eigenvalue weighted by Crippen LogP contribution is 2.42. The second-order valence-electron chi connectivity index (χ2n) is 9.42. The molecule has 3 aromatic rings. The number of fused-ring (bicyclic) bond motifs is 1. The Morgan fingerprint density at radius 3 is 2.47 bits per heavy atom. The van der Waals surface area contributed by atoms with Gasteiger partial charge in [0.1, 0.15) is 11.6 Å². The molecule has 6 nitrogen and oxygen atoms in total. The summed E-state index contributed by atoms with van der Waals surface area (Å²) in [6.07, 6.45) is -4.88. The summed E-state index contributed by atoms with van der Waals surface area (Å²) in [5.41, 5.74) is -1.34. The second-order valence-corrected chi connectivity index (χ2v) is 9.82. The molecule has 0 aromatic heterocycles. The van der Waals surface area contributed by atoms with Crippen LogP contribution in [0.3, 0.4) is 0 Å². The number of carbonyl (C=O) groups excluding carboxylic acids is 2. The monoisotopic (exact) mass is 551 g/mol. The average Bonchev–Trinajstić information content (AvgIpc) is 3.15. The predicted octanol–water partition coefficient (Wildman–Crippen LogP) is 5.92. The molecule has 2 aliphatic rings. The van der Waals surface area contributed by atoms with Crippen LogP contribution in [0.2, 0.25) is 5.02 Å². The van der Waals surface area contributed by atoms with Crippen LogP contribution in [0.1, 0.15) is 50.4 Å². The Morgan fingerprint density at radius 2 is 1.82 bits per heavy atom. The van der Waals surface area contributed by atoms with Crippen molar-refractivity contribution in [2.75, 3.05) is 23.8 Å². The van der Waals surface area contributed by atoms with Gasteiger partial charge < -0.3 is 20.7 Å². The molecule has 3 aromatic carbocycles. The van der Waals surface area contributed by atoms with E-state index in [0.29, 0.717) is 31.0 Å². The van der Waals surface area contributed by atoms with Gasteiger partial charge in [0, 0.05) is 38.7 Å². The largest absolute Gasteiger partial charge is 0.416 e. The van der Waals surface area contributed by atoms with E-state index in [1.807, 2.05) is 6.92 Å². The number of amides is 2.